The van der Waals surface area contributed by atoms with Gasteiger partial charge in [-0.15, -0.1) is 0 Å². The standard InChI is InChI=1S/C75H76O11/c1-77-64-44-42-63(43-45-64)75(61-38-22-8-23-39-61,62-40-24-9-25-41-62)84-54-68-71(80-49-57-30-14-4-15-31-57)73(82-51-59-34-18-6-19-35-59)69(76)65(85-68)46-66-70(79-48-56-28-12-3-13-29-56)74(83-52-60-36-20-7-21-37-60)72(81-50-58-32-16-5-17-33-58)67(86-66)53-78-47-55-26-10-2-11-27-55/h2-45,65-74,76H,46-54H2,1H3/t65-,66+,67+,68+,69-,70-,71+,72+,73+,74+/m0/s1. The van der Waals surface area contributed by atoms with E-state index in [2.05, 4.69) is 36.4 Å². The second-order valence-corrected chi connectivity index (χ2v) is 21.9. The molecule has 2 aliphatic heterocycles. The largest absolute Gasteiger partial charge is 0.497 e. The SMILES string of the molecule is COc1ccc(C(OC[C@H]2O[C@@H](C[C@H]3O[C@H](COCc4ccccc4)[C@@H](OCc4ccccc4)[C@H](OCc4ccccc4)[C@H]3OCc3ccccc3)[C@H](O)[C@@H](OCc3ccccc3)[C@@H]2OCc2ccccc2)(c2ccccc2)c2ccccc2)cc1. The van der Waals surface area contributed by atoms with Gasteiger partial charge in [0.15, 0.2) is 0 Å². The number of ether oxygens (including phenoxy) is 10. The van der Waals surface area contributed by atoms with Crippen LogP contribution in [-0.2, 0) is 87.9 Å². The van der Waals surface area contributed by atoms with Crippen LogP contribution < -0.4 is 4.74 Å². The Morgan fingerprint density at radius 2 is 0.640 bits per heavy atom. The highest BCUT2D eigenvalue weighted by Gasteiger charge is 2.53. The molecule has 9 aromatic rings. The van der Waals surface area contributed by atoms with Crippen molar-refractivity contribution in [2.24, 2.45) is 0 Å². The first-order valence-corrected chi connectivity index (χ1v) is 29.8. The summed E-state index contributed by atoms with van der Waals surface area (Å²) in [5.41, 5.74) is 7.39. The number of hydrogen-bond acceptors (Lipinski definition) is 11. The van der Waals surface area contributed by atoms with Crippen LogP contribution in [0.15, 0.2) is 267 Å². The predicted octanol–water partition coefficient (Wildman–Crippen LogP) is 13.4. The fraction of sp³-hybridized carbons (Fsp3) is 0.280. The molecule has 11 rings (SSSR count). The van der Waals surface area contributed by atoms with Crippen molar-refractivity contribution in [3.63, 3.8) is 0 Å². The molecule has 1 N–H and O–H groups in total. The number of aliphatic hydroxyl groups is 1. The highest BCUT2D eigenvalue weighted by Crippen LogP contribution is 2.43. The molecule has 2 fully saturated rings. The van der Waals surface area contributed by atoms with Crippen LogP contribution >= 0.6 is 0 Å². The van der Waals surface area contributed by atoms with Gasteiger partial charge in [-0.3, -0.25) is 0 Å². The zero-order valence-electron chi connectivity index (χ0n) is 48.6. The van der Waals surface area contributed by atoms with Gasteiger partial charge < -0.3 is 52.5 Å². The lowest BCUT2D eigenvalue weighted by Crippen LogP contribution is -2.64. The van der Waals surface area contributed by atoms with E-state index in [1.165, 1.54) is 0 Å². The second-order valence-electron chi connectivity index (χ2n) is 21.9. The zero-order valence-corrected chi connectivity index (χ0v) is 48.6. The third-order valence-electron chi connectivity index (χ3n) is 16.1. The summed E-state index contributed by atoms with van der Waals surface area (Å²) >= 11 is 0. The van der Waals surface area contributed by atoms with Gasteiger partial charge in [-0.1, -0.05) is 255 Å². The lowest BCUT2D eigenvalue weighted by Gasteiger charge is -2.49. The highest BCUT2D eigenvalue weighted by molar-refractivity contribution is 5.49. The Balaban J connectivity index is 1.000. The summed E-state index contributed by atoms with van der Waals surface area (Å²) in [4.78, 5) is 0. The third-order valence-corrected chi connectivity index (χ3v) is 16.1. The molecule has 0 radical (unpaired) electrons. The van der Waals surface area contributed by atoms with Crippen molar-refractivity contribution in [1.82, 2.24) is 0 Å². The quantitative estimate of drug-likeness (QED) is 0.0473. The minimum Gasteiger partial charge on any atom is -0.497 e. The molecule has 2 saturated heterocycles. The number of hydrogen-bond donors (Lipinski definition) is 1. The van der Waals surface area contributed by atoms with Gasteiger partial charge >= 0.3 is 0 Å². The van der Waals surface area contributed by atoms with Crippen LogP contribution in [0.1, 0.15) is 56.5 Å². The highest BCUT2D eigenvalue weighted by atomic mass is 16.6. The summed E-state index contributed by atoms with van der Waals surface area (Å²) in [6.45, 7) is 1.71. The molecule has 0 amide bonds. The summed E-state index contributed by atoms with van der Waals surface area (Å²) in [7, 11) is 1.66. The molecule has 9 aromatic carbocycles. The van der Waals surface area contributed by atoms with Gasteiger partial charge in [0.1, 0.15) is 60.2 Å². The van der Waals surface area contributed by atoms with Crippen LogP contribution in [0.5, 0.6) is 5.75 Å². The lowest BCUT2D eigenvalue weighted by atomic mass is 9.80. The summed E-state index contributed by atoms with van der Waals surface area (Å²) in [6, 6.07) is 88.8. The average Bonchev–Trinajstić information content (AvgIpc) is 2.13. The minimum absolute atomic E-state index is 0.00267. The Morgan fingerprint density at radius 3 is 1.05 bits per heavy atom. The molecule has 0 aliphatic carbocycles. The van der Waals surface area contributed by atoms with Crippen LogP contribution in [0.25, 0.3) is 0 Å². The summed E-state index contributed by atoms with van der Waals surface area (Å²) < 4.78 is 70.4. The first-order chi connectivity index (χ1) is 42.5. The fourth-order valence-corrected chi connectivity index (χ4v) is 11.7. The molecule has 0 bridgehead atoms. The Kier molecular flexibility index (Phi) is 21.4. The Labute approximate surface area is 505 Å². The van der Waals surface area contributed by atoms with Gasteiger partial charge in [-0.2, -0.15) is 0 Å². The molecule has 0 unspecified atom stereocenters. The maximum absolute atomic E-state index is 13.3. The van der Waals surface area contributed by atoms with E-state index in [1.54, 1.807) is 7.11 Å². The molecule has 11 nitrogen and oxygen atoms in total. The molecule has 10 atom stereocenters. The van der Waals surface area contributed by atoms with E-state index < -0.39 is 66.6 Å². The Bertz CT molecular complexity index is 3290. The third kappa shape index (κ3) is 15.5. The van der Waals surface area contributed by atoms with Crippen molar-refractivity contribution in [3.05, 3.63) is 317 Å². The average molecular weight is 1150 g/mol. The van der Waals surface area contributed by atoms with Crippen molar-refractivity contribution in [2.75, 3.05) is 20.3 Å². The van der Waals surface area contributed by atoms with E-state index in [4.69, 9.17) is 47.4 Å². The van der Waals surface area contributed by atoms with Gasteiger partial charge in [0.25, 0.3) is 0 Å². The van der Waals surface area contributed by atoms with Crippen LogP contribution in [0, 0.1) is 0 Å². The predicted molar refractivity (Wildman–Crippen MR) is 331 cm³/mol. The minimum atomic E-state index is -1.24. The maximum atomic E-state index is 13.3. The van der Waals surface area contributed by atoms with Gasteiger partial charge in [-0.05, 0) is 62.2 Å². The molecular formula is C75H76O11. The fourth-order valence-electron chi connectivity index (χ4n) is 11.7. The normalized spacial score (nSPS) is 22.3. The van der Waals surface area contributed by atoms with Crippen LogP contribution in [0.2, 0.25) is 0 Å². The van der Waals surface area contributed by atoms with Crippen molar-refractivity contribution in [3.8, 4) is 5.75 Å². The Morgan fingerprint density at radius 1 is 0.326 bits per heavy atom. The number of benzene rings is 9. The topological polar surface area (TPSA) is 113 Å². The molecular weight excluding hydrogens is 1080 g/mol. The van der Waals surface area contributed by atoms with E-state index in [0.29, 0.717) is 12.4 Å². The van der Waals surface area contributed by atoms with Crippen molar-refractivity contribution in [1.29, 1.82) is 0 Å². The van der Waals surface area contributed by atoms with E-state index >= 15 is 0 Å². The molecule has 0 saturated carbocycles. The first kappa shape index (κ1) is 60.1. The van der Waals surface area contributed by atoms with E-state index in [0.717, 1.165) is 50.1 Å². The van der Waals surface area contributed by atoms with E-state index in [-0.39, 0.29) is 52.7 Å². The number of aliphatic hydroxyl groups excluding tert-OH is 1. The van der Waals surface area contributed by atoms with Crippen LogP contribution in [-0.4, -0.2) is 86.5 Å². The van der Waals surface area contributed by atoms with Crippen molar-refractivity contribution < 1.29 is 52.5 Å². The number of methoxy groups -OCH3 is 1. The summed E-state index contributed by atoms with van der Waals surface area (Å²) in [5, 5.41) is 13.3. The second kappa shape index (κ2) is 30.6. The summed E-state index contributed by atoms with van der Waals surface area (Å²) in [5.74, 6) is 0.715. The first-order valence-electron chi connectivity index (χ1n) is 29.8. The molecule has 0 spiro atoms. The van der Waals surface area contributed by atoms with E-state index in [1.807, 2.05) is 231 Å². The molecule has 2 heterocycles. The van der Waals surface area contributed by atoms with Crippen LogP contribution in [0.3, 0.4) is 0 Å². The molecule has 86 heavy (non-hydrogen) atoms. The monoisotopic (exact) mass is 1150 g/mol. The van der Waals surface area contributed by atoms with Gasteiger partial charge in [-0.25, -0.2) is 0 Å². The molecule has 11 heteroatoms. The van der Waals surface area contributed by atoms with Crippen molar-refractivity contribution >= 4 is 0 Å². The van der Waals surface area contributed by atoms with Gasteiger partial charge in [0.2, 0.25) is 0 Å². The molecule has 442 valence electrons. The van der Waals surface area contributed by atoms with E-state index in [9.17, 15) is 5.11 Å². The number of rotatable bonds is 28. The Hall–Kier alpha value is -7.62. The zero-order chi connectivity index (χ0) is 58.6. The maximum Gasteiger partial charge on any atom is 0.143 e. The van der Waals surface area contributed by atoms with Gasteiger partial charge in [0, 0.05) is 6.42 Å². The smallest absolute Gasteiger partial charge is 0.143 e. The van der Waals surface area contributed by atoms with Crippen molar-refractivity contribution in [2.45, 2.75) is 113 Å². The van der Waals surface area contributed by atoms with Crippen LogP contribution in [0.4, 0.5) is 0 Å². The summed E-state index contributed by atoms with van der Waals surface area (Å²) in [6.07, 6.45) is -8.21. The molecule has 0 aromatic heterocycles. The lowest BCUT2D eigenvalue weighted by molar-refractivity contribution is -0.295. The molecule has 2 aliphatic rings. The van der Waals surface area contributed by atoms with Gasteiger partial charge in [0.05, 0.1) is 72.2 Å².